The summed E-state index contributed by atoms with van der Waals surface area (Å²) in [5.74, 6) is 0.917. The van der Waals surface area contributed by atoms with Crippen LogP contribution in [0.3, 0.4) is 0 Å². The highest BCUT2D eigenvalue weighted by atomic mass is 35.5. The van der Waals surface area contributed by atoms with Gasteiger partial charge in [0.1, 0.15) is 0 Å². The van der Waals surface area contributed by atoms with Gasteiger partial charge in [0.15, 0.2) is 5.96 Å². The molecule has 0 aromatic heterocycles. The minimum atomic E-state index is 0.200. The second kappa shape index (κ2) is 11.9. The first-order valence-corrected chi connectivity index (χ1v) is 11.8. The van der Waals surface area contributed by atoms with E-state index in [1.807, 2.05) is 12.1 Å². The number of aliphatic imine (C=N–C) groups is 1. The Morgan fingerprint density at radius 2 is 1.90 bits per heavy atom. The van der Waals surface area contributed by atoms with Gasteiger partial charge in [0.05, 0.1) is 25.8 Å². The topological polar surface area (TPSA) is 52.1 Å². The van der Waals surface area contributed by atoms with Crippen LogP contribution >= 0.6 is 11.6 Å². The zero-order chi connectivity index (χ0) is 21.3. The first-order valence-electron chi connectivity index (χ1n) is 11.4. The van der Waals surface area contributed by atoms with Crippen molar-refractivity contribution in [3.63, 3.8) is 0 Å². The van der Waals surface area contributed by atoms with Crippen molar-refractivity contribution in [2.75, 3.05) is 52.5 Å². The molecule has 30 heavy (non-hydrogen) atoms. The summed E-state index contributed by atoms with van der Waals surface area (Å²) < 4.78 is 5.57. The highest BCUT2D eigenvalue weighted by Crippen LogP contribution is 2.25. The number of guanidine groups is 1. The SMILES string of the molecule is CCNC(=NCC(c1cccc(Cl)c1)N1CCOCC1)NC1CCN(C(C)C)CC1. The number of piperidine rings is 1. The first-order chi connectivity index (χ1) is 14.6. The summed E-state index contributed by atoms with van der Waals surface area (Å²) in [5, 5.41) is 7.90. The number of hydrogen-bond acceptors (Lipinski definition) is 4. The summed E-state index contributed by atoms with van der Waals surface area (Å²) in [5.41, 5.74) is 1.22. The second-order valence-electron chi connectivity index (χ2n) is 8.49. The maximum atomic E-state index is 6.30. The second-order valence-corrected chi connectivity index (χ2v) is 8.92. The zero-order valence-corrected chi connectivity index (χ0v) is 19.5. The first kappa shape index (κ1) is 23.3. The predicted octanol–water partition coefficient (Wildman–Crippen LogP) is 3.14. The highest BCUT2D eigenvalue weighted by molar-refractivity contribution is 6.30. The van der Waals surface area contributed by atoms with Gasteiger partial charge < -0.3 is 20.3 Å². The number of nitrogens with one attached hydrogen (secondary N) is 2. The lowest BCUT2D eigenvalue weighted by Crippen LogP contribution is -2.50. The molecule has 0 aliphatic carbocycles. The zero-order valence-electron chi connectivity index (χ0n) is 18.7. The summed E-state index contributed by atoms with van der Waals surface area (Å²) in [6.07, 6.45) is 2.31. The lowest BCUT2D eigenvalue weighted by Gasteiger charge is -2.36. The number of nitrogens with zero attached hydrogens (tertiary/aromatic N) is 3. The lowest BCUT2D eigenvalue weighted by molar-refractivity contribution is 0.0179. The highest BCUT2D eigenvalue weighted by Gasteiger charge is 2.24. The molecule has 0 saturated carbocycles. The van der Waals surface area contributed by atoms with E-state index < -0.39 is 0 Å². The van der Waals surface area contributed by atoms with Gasteiger partial charge in [-0.05, 0) is 51.3 Å². The van der Waals surface area contributed by atoms with Gasteiger partial charge in [-0.2, -0.15) is 0 Å². The van der Waals surface area contributed by atoms with Crippen LogP contribution in [0.2, 0.25) is 5.02 Å². The molecule has 6 nitrogen and oxygen atoms in total. The monoisotopic (exact) mass is 435 g/mol. The molecule has 2 fully saturated rings. The largest absolute Gasteiger partial charge is 0.379 e. The molecule has 2 heterocycles. The van der Waals surface area contributed by atoms with E-state index in [2.05, 4.69) is 53.3 Å². The molecule has 1 aromatic carbocycles. The third-order valence-corrected chi connectivity index (χ3v) is 6.32. The van der Waals surface area contributed by atoms with Crippen molar-refractivity contribution in [3.05, 3.63) is 34.9 Å². The molecule has 2 aliphatic rings. The Hall–Kier alpha value is -1.34. The standard InChI is InChI=1S/C23H38ClN5O/c1-4-25-23(27-21-8-10-28(11-9-21)18(2)3)26-17-22(29-12-14-30-15-13-29)19-6-5-7-20(24)16-19/h5-7,16,18,21-22H,4,8-15,17H2,1-3H3,(H2,25,26,27). The van der Waals surface area contributed by atoms with Gasteiger partial charge in [-0.25, -0.2) is 0 Å². The van der Waals surface area contributed by atoms with Crippen molar-refractivity contribution < 1.29 is 4.74 Å². The van der Waals surface area contributed by atoms with Crippen molar-refractivity contribution in [2.24, 2.45) is 4.99 Å². The maximum Gasteiger partial charge on any atom is 0.191 e. The fourth-order valence-corrected chi connectivity index (χ4v) is 4.48. The number of hydrogen-bond donors (Lipinski definition) is 2. The van der Waals surface area contributed by atoms with Gasteiger partial charge in [-0.3, -0.25) is 9.89 Å². The normalized spacial score (nSPS) is 21.0. The minimum absolute atomic E-state index is 0.200. The minimum Gasteiger partial charge on any atom is -0.379 e. The van der Waals surface area contributed by atoms with Gasteiger partial charge in [0.2, 0.25) is 0 Å². The van der Waals surface area contributed by atoms with Gasteiger partial charge in [-0.15, -0.1) is 0 Å². The molecule has 2 saturated heterocycles. The maximum absolute atomic E-state index is 6.30. The van der Waals surface area contributed by atoms with Crippen molar-refractivity contribution in [3.8, 4) is 0 Å². The van der Waals surface area contributed by atoms with E-state index in [9.17, 15) is 0 Å². The number of morpholine rings is 1. The number of benzene rings is 1. The Morgan fingerprint density at radius 3 is 2.53 bits per heavy atom. The summed E-state index contributed by atoms with van der Waals surface area (Å²) in [4.78, 5) is 10.0. The average molecular weight is 436 g/mol. The van der Waals surface area contributed by atoms with Crippen molar-refractivity contribution in [2.45, 2.75) is 51.7 Å². The van der Waals surface area contributed by atoms with E-state index >= 15 is 0 Å². The van der Waals surface area contributed by atoms with E-state index in [1.54, 1.807) is 0 Å². The van der Waals surface area contributed by atoms with Gasteiger partial charge in [-0.1, -0.05) is 23.7 Å². The molecule has 3 rings (SSSR count). The molecule has 2 aliphatic heterocycles. The van der Waals surface area contributed by atoms with Gasteiger partial charge >= 0.3 is 0 Å². The summed E-state index contributed by atoms with van der Waals surface area (Å²) in [6, 6.07) is 9.49. The molecule has 2 N–H and O–H groups in total. The van der Waals surface area contributed by atoms with Gasteiger partial charge in [0.25, 0.3) is 0 Å². The predicted molar refractivity (Wildman–Crippen MR) is 125 cm³/mol. The lowest BCUT2D eigenvalue weighted by atomic mass is 10.0. The molecule has 1 unspecified atom stereocenters. The number of ether oxygens (including phenoxy) is 1. The van der Waals surface area contributed by atoms with Crippen LogP contribution in [0.25, 0.3) is 0 Å². The van der Waals surface area contributed by atoms with Gasteiger partial charge in [0, 0.05) is 49.8 Å². The van der Waals surface area contributed by atoms with E-state index in [-0.39, 0.29) is 6.04 Å². The molecule has 0 spiro atoms. The van der Waals surface area contributed by atoms with E-state index in [0.29, 0.717) is 18.6 Å². The molecule has 0 radical (unpaired) electrons. The average Bonchev–Trinajstić information content (AvgIpc) is 2.75. The third-order valence-electron chi connectivity index (χ3n) is 6.09. The molecular weight excluding hydrogens is 398 g/mol. The summed E-state index contributed by atoms with van der Waals surface area (Å²) in [7, 11) is 0. The third kappa shape index (κ3) is 6.84. The molecule has 1 aromatic rings. The summed E-state index contributed by atoms with van der Waals surface area (Å²) >= 11 is 6.30. The van der Waals surface area contributed by atoms with Crippen molar-refractivity contribution in [1.29, 1.82) is 0 Å². The number of rotatable bonds is 7. The number of likely N-dealkylation sites (tertiary alicyclic amines) is 1. The molecule has 0 amide bonds. The van der Waals surface area contributed by atoms with Crippen LogP contribution in [0.1, 0.15) is 45.2 Å². The van der Waals surface area contributed by atoms with Crippen LogP contribution in [0, 0.1) is 0 Å². The van der Waals surface area contributed by atoms with Crippen LogP contribution < -0.4 is 10.6 Å². The smallest absolute Gasteiger partial charge is 0.191 e. The Balaban J connectivity index is 1.67. The van der Waals surface area contributed by atoms with Crippen molar-refractivity contribution in [1.82, 2.24) is 20.4 Å². The fourth-order valence-electron chi connectivity index (χ4n) is 4.29. The van der Waals surface area contributed by atoms with Crippen LogP contribution in [0.5, 0.6) is 0 Å². The Morgan fingerprint density at radius 1 is 1.17 bits per heavy atom. The fraction of sp³-hybridized carbons (Fsp3) is 0.696. The van der Waals surface area contributed by atoms with Crippen LogP contribution in [-0.4, -0.2) is 80.3 Å². The van der Waals surface area contributed by atoms with E-state index in [4.69, 9.17) is 21.3 Å². The van der Waals surface area contributed by atoms with E-state index in [1.165, 1.54) is 5.56 Å². The molecule has 168 valence electrons. The summed E-state index contributed by atoms with van der Waals surface area (Å²) in [6.45, 7) is 13.9. The Kier molecular flexibility index (Phi) is 9.25. The molecule has 0 bridgehead atoms. The quantitative estimate of drug-likeness (QED) is 0.509. The molecular formula is C23H38ClN5O. The Labute approximate surface area is 187 Å². The van der Waals surface area contributed by atoms with E-state index in [0.717, 1.165) is 69.8 Å². The van der Waals surface area contributed by atoms with Crippen LogP contribution in [0.4, 0.5) is 0 Å². The molecule has 1 atom stereocenters. The number of halogens is 1. The van der Waals surface area contributed by atoms with Crippen molar-refractivity contribution >= 4 is 17.6 Å². The van der Waals surface area contributed by atoms with Crippen LogP contribution in [0.15, 0.2) is 29.3 Å². The Bertz CT molecular complexity index is 669. The van der Waals surface area contributed by atoms with Crippen LogP contribution in [-0.2, 0) is 4.74 Å². The molecule has 7 heteroatoms.